The number of nitrogens with zero attached hydrogens (tertiary/aromatic N) is 2. The van der Waals surface area contributed by atoms with Crippen LogP contribution in [0.5, 0.6) is 0 Å². The first-order valence-corrected chi connectivity index (χ1v) is 6.43. The Balaban J connectivity index is 2.64. The predicted molar refractivity (Wildman–Crippen MR) is 73.7 cm³/mol. The molecule has 1 aromatic heterocycles. The van der Waals surface area contributed by atoms with E-state index in [1.807, 2.05) is 20.8 Å². The van der Waals surface area contributed by atoms with Crippen LogP contribution in [0.25, 0.3) is 10.9 Å². The average molecular weight is 260 g/mol. The second-order valence-corrected chi connectivity index (χ2v) is 4.45. The van der Waals surface area contributed by atoms with Crippen LogP contribution in [-0.2, 0) is 0 Å². The third-order valence-electron chi connectivity index (χ3n) is 3.18. The molecule has 4 heteroatoms. The van der Waals surface area contributed by atoms with E-state index in [2.05, 4.69) is 4.98 Å². The lowest BCUT2D eigenvalue weighted by Crippen LogP contribution is -2.30. The highest BCUT2D eigenvalue weighted by Gasteiger charge is 2.17. The molecule has 0 aliphatic rings. The van der Waals surface area contributed by atoms with Crippen molar-refractivity contribution in [2.75, 3.05) is 13.1 Å². The van der Waals surface area contributed by atoms with E-state index in [0.717, 1.165) is 5.69 Å². The van der Waals surface area contributed by atoms with Gasteiger partial charge < -0.3 is 4.90 Å². The molecule has 0 aliphatic heterocycles. The van der Waals surface area contributed by atoms with Crippen LogP contribution < -0.4 is 0 Å². The normalized spacial score (nSPS) is 10.7. The summed E-state index contributed by atoms with van der Waals surface area (Å²) in [5, 5.41) is 0.572. The molecule has 1 heterocycles. The highest BCUT2D eigenvalue weighted by Crippen LogP contribution is 2.21. The van der Waals surface area contributed by atoms with Gasteiger partial charge in [-0.2, -0.15) is 0 Å². The van der Waals surface area contributed by atoms with Gasteiger partial charge in [0, 0.05) is 24.2 Å². The van der Waals surface area contributed by atoms with Gasteiger partial charge in [0.15, 0.2) is 0 Å². The molecule has 0 saturated carbocycles. The van der Waals surface area contributed by atoms with E-state index >= 15 is 0 Å². The van der Waals surface area contributed by atoms with Crippen LogP contribution in [0.1, 0.15) is 29.9 Å². The first-order valence-electron chi connectivity index (χ1n) is 6.43. The van der Waals surface area contributed by atoms with Gasteiger partial charge in [-0.25, -0.2) is 4.39 Å². The molecule has 2 aromatic rings. The fourth-order valence-corrected chi connectivity index (χ4v) is 2.19. The van der Waals surface area contributed by atoms with Crippen molar-refractivity contribution in [1.82, 2.24) is 9.88 Å². The maximum absolute atomic E-state index is 13.4. The van der Waals surface area contributed by atoms with Crippen LogP contribution in [0.2, 0.25) is 0 Å². The lowest BCUT2D eigenvalue weighted by molar-refractivity contribution is 0.0775. The molecule has 0 N–H and O–H groups in total. The van der Waals surface area contributed by atoms with Crippen molar-refractivity contribution in [3.05, 3.63) is 41.3 Å². The Labute approximate surface area is 112 Å². The fourth-order valence-electron chi connectivity index (χ4n) is 2.19. The number of halogens is 1. The van der Waals surface area contributed by atoms with Crippen molar-refractivity contribution >= 4 is 16.8 Å². The molecular weight excluding hydrogens is 243 g/mol. The van der Waals surface area contributed by atoms with Gasteiger partial charge in [-0.1, -0.05) is 0 Å². The average Bonchev–Trinajstić information content (AvgIpc) is 2.39. The molecule has 0 atom stereocenters. The maximum Gasteiger partial charge on any atom is 0.254 e. The number of aromatic nitrogens is 1. The summed E-state index contributed by atoms with van der Waals surface area (Å²) in [6.07, 6.45) is 0. The zero-order chi connectivity index (χ0) is 14.0. The van der Waals surface area contributed by atoms with E-state index < -0.39 is 0 Å². The number of pyridine rings is 1. The molecule has 19 heavy (non-hydrogen) atoms. The van der Waals surface area contributed by atoms with Crippen molar-refractivity contribution in [1.29, 1.82) is 0 Å². The summed E-state index contributed by atoms with van der Waals surface area (Å²) in [5.74, 6) is -0.433. The minimum Gasteiger partial charge on any atom is -0.339 e. The minimum atomic E-state index is -0.355. The number of carbonyl (C=O) groups excluding carboxylic acids is 1. The summed E-state index contributed by atoms with van der Waals surface area (Å²) in [6, 6.07) is 6.07. The lowest BCUT2D eigenvalue weighted by atomic mass is 10.1. The predicted octanol–water partition coefficient (Wildman–Crippen LogP) is 3.16. The zero-order valence-corrected chi connectivity index (χ0v) is 11.4. The number of aryl methyl sites for hydroxylation is 1. The summed E-state index contributed by atoms with van der Waals surface area (Å²) in [7, 11) is 0. The third kappa shape index (κ3) is 2.57. The van der Waals surface area contributed by atoms with E-state index in [4.69, 9.17) is 0 Å². The maximum atomic E-state index is 13.4. The van der Waals surface area contributed by atoms with Gasteiger partial charge in [0.05, 0.1) is 11.1 Å². The van der Waals surface area contributed by atoms with Gasteiger partial charge in [0.1, 0.15) is 5.82 Å². The van der Waals surface area contributed by atoms with Crippen molar-refractivity contribution in [3.63, 3.8) is 0 Å². The standard InChI is InChI=1S/C15H17FN2O/c1-4-18(5-2)15(19)13-8-10(3)17-14-7-6-11(16)9-12(13)14/h6-9H,4-5H2,1-3H3. The number of hydrogen-bond acceptors (Lipinski definition) is 2. The molecule has 3 nitrogen and oxygen atoms in total. The van der Waals surface area contributed by atoms with E-state index in [-0.39, 0.29) is 11.7 Å². The topological polar surface area (TPSA) is 33.2 Å². The lowest BCUT2D eigenvalue weighted by Gasteiger charge is -2.19. The number of fused-ring (bicyclic) bond motifs is 1. The van der Waals surface area contributed by atoms with Crippen LogP contribution in [-0.4, -0.2) is 28.9 Å². The van der Waals surface area contributed by atoms with Crippen molar-refractivity contribution in [3.8, 4) is 0 Å². The fraction of sp³-hybridized carbons (Fsp3) is 0.333. The molecule has 0 spiro atoms. The Morgan fingerprint density at radius 1 is 1.26 bits per heavy atom. The Morgan fingerprint density at radius 2 is 1.95 bits per heavy atom. The highest BCUT2D eigenvalue weighted by molar-refractivity contribution is 6.06. The SMILES string of the molecule is CCN(CC)C(=O)c1cc(C)nc2ccc(F)cc12. The smallest absolute Gasteiger partial charge is 0.254 e. The molecular formula is C15H17FN2O. The van der Waals surface area contributed by atoms with Gasteiger partial charge in [-0.15, -0.1) is 0 Å². The summed E-state index contributed by atoms with van der Waals surface area (Å²) in [4.78, 5) is 18.5. The Kier molecular flexibility index (Phi) is 3.79. The Hall–Kier alpha value is -1.97. The molecule has 1 aromatic carbocycles. The van der Waals surface area contributed by atoms with Crippen molar-refractivity contribution in [2.24, 2.45) is 0 Å². The second-order valence-electron chi connectivity index (χ2n) is 4.45. The third-order valence-corrected chi connectivity index (χ3v) is 3.18. The highest BCUT2D eigenvalue weighted by atomic mass is 19.1. The van der Waals surface area contributed by atoms with Crippen LogP contribution in [0, 0.1) is 12.7 Å². The molecule has 0 aliphatic carbocycles. The van der Waals surface area contributed by atoms with Gasteiger partial charge in [0.25, 0.3) is 5.91 Å². The van der Waals surface area contributed by atoms with Crippen molar-refractivity contribution < 1.29 is 9.18 Å². The molecule has 0 fully saturated rings. The van der Waals surface area contributed by atoms with E-state index in [1.165, 1.54) is 12.1 Å². The number of rotatable bonds is 3. The molecule has 100 valence electrons. The van der Waals surface area contributed by atoms with Gasteiger partial charge in [-0.3, -0.25) is 9.78 Å². The quantitative estimate of drug-likeness (QED) is 0.849. The molecule has 0 saturated heterocycles. The van der Waals surface area contributed by atoms with Gasteiger partial charge in [-0.05, 0) is 45.0 Å². The van der Waals surface area contributed by atoms with Crippen LogP contribution in [0.15, 0.2) is 24.3 Å². The number of hydrogen-bond donors (Lipinski definition) is 0. The summed E-state index contributed by atoms with van der Waals surface area (Å²) in [5.41, 5.74) is 1.93. The molecule has 2 rings (SSSR count). The number of amides is 1. The molecule has 0 radical (unpaired) electrons. The molecule has 0 bridgehead atoms. The van der Waals surface area contributed by atoms with Gasteiger partial charge >= 0.3 is 0 Å². The van der Waals surface area contributed by atoms with E-state index in [0.29, 0.717) is 29.6 Å². The summed E-state index contributed by atoms with van der Waals surface area (Å²) in [6.45, 7) is 6.96. The van der Waals surface area contributed by atoms with Crippen molar-refractivity contribution in [2.45, 2.75) is 20.8 Å². The van der Waals surface area contributed by atoms with E-state index in [1.54, 1.807) is 17.0 Å². The van der Waals surface area contributed by atoms with Crippen LogP contribution >= 0.6 is 0 Å². The number of benzene rings is 1. The monoisotopic (exact) mass is 260 g/mol. The molecule has 0 unspecified atom stereocenters. The van der Waals surface area contributed by atoms with E-state index in [9.17, 15) is 9.18 Å². The van der Waals surface area contributed by atoms with Crippen LogP contribution in [0.4, 0.5) is 4.39 Å². The first-order chi connectivity index (χ1) is 9.06. The van der Waals surface area contributed by atoms with Crippen LogP contribution in [0.3, 0.4) is 0 Å². The zero-order valence-electron chi connectivity index (χ0n) is 11.4. The van der Waals surface area contributed by atoms with Gasteiger partial charge in [0.2, 0.25) is 0 Å². The molecule has 1 amide bonds. The Morgan fingerprint density at radius 3 is 2.58 bits per heavy atom. The minimum absolute atomic E-state index is 0.0777. The summed E-state index contributed by atoms with van der Waals surface area (Å²) < 4.78 is 13.4. The first kappa shape index (κ1) is 13.5. The Bertz CT molecular complexity index is 621. The summed E-state index contributed by atoms with van der Waals surface area (Å²) >= 11 is 0. The second kappa shape index (κ2) is 5.34. The number of carbonyl (C=O) groups is 1. The largest absolute Gasteiger partial charge is 0.339 e.